The van der Waals surface area contributed by atoms with Crippen LogP contribution in [0.5, 0.6) is 17.2 Å². The molecule has 0 aliphatic carbocycles. The van der Waals surface area contributed by atoms with Crippen LogP contribution in [0.25, 0.3) is 6.08 Å². The fraction of sp³-hybridized carbons (Fsp3) is 0.348. The molecule has 5 nitrogen and oxygen atoms in total. The number of methoxy groups -OCH3 is 1. The number of allylic oxidation sites excluding steroid dienone is 1. The molecule has 0 aromatic heterocycles. The maximum atomic E-state index is 12.8. The summed E-state index contributed by atoms with van der Waals surface area (Å²) in [5, 5.41) is 12.5. The topological polar surface area (TPSA) is 63.0 Å². The number of hydrogen-bond donors (Lipinski definition) is 1. The van der Waals surface area contributed by atoms with Crippen molar-refractivity contribution in [3.8, 4) is 17.2 Å². The molecule has 0 radical (unpaired) electrons. The van der Waals surface area contributed by atoms with Crippen molar-refractivity contribution in [3.63, 3.8) is 0 Å². The average molecular weight is 381 g/mol. The largest absolute Gasteiger partial charge is 0.872 e. The molecule has 0 atom stereocenters. The van der Waals surface area contributed by atoms with Crippen LogP contribution in [0.15, 0.2) is 42.2 Å². The molecule has 1 N–H and O–H groups in total. The molecule has 1 heterocycles. The van der Waals surface area contributed by atoms with E-state index in [4.69, 9.17) is 9.47 Å². The second-order valence-electron chi connectivity index (χ2n) is 7.06. The summed E-state index contributed by atoms with van der Waals surface area (Å²) in [4.78, 5) is 14.2. The van der Waals surface area contributed by atoms with E-state index in [0.29, 0.717) is 29.2 Å². The van der Waals surface area contributed by atoms with E-state index < -0.39 is 0 Å². The predicted octanol–water partition coefficient (Wildman–Crippen LogP) is 2.59. The van der Waals surface area contributed by atoms with Crippen LogP contribution in [0.4, 0.5) is 0 Å². The number of ketones is 1. The number of benzene rings is 2. The van der Waals surface area contributed by atoms with Gasteiger partial charge in [-0.1, -0.05) is 37.8 Å². The molecule has 0 bridgehead atoms. The zero-order valence-electron chi connectivity index (χ0n) is 16.7. The van der Waals surface area contributed by atoms with E-state index in [1.54, 1.807) is 19.3 Å². The summed E-state index contributed by atoms with van der Waals surface area (Å²) in [7, 11) is 1.60. The molecule has 2 aromatic carbocycles. The van der Waals surface area contributed by atoms with Gasteiger partial charge in [-0.05, 0) is 42.7 Å². The number of carbonyl (C=O) groups excluding carboxylic acids is 1. The average Bonchev–Trinajstić information content (AvgIpc) is 3.00. The van der Waals surface area contributed by atoms with Crippen LogP contribution in [-0.4, -0.2) is 26.0 Å². The zero-order chi connectivity index (χ0) is 20.1. The lowest BCUT2D eigenvalue weighted by Crippen LogP contribution is -3.10. The van der Waals surface area contributed by atoms with E-state index in [1.165, 1.54) is 11.0 Å². The lowest BCUT2D eigenvalue weighted by Gasteiger charge is -2.23. The lowest BCUT2D eigenvalue weighted by atomic mass is 10.0. The minimum Gasteiger partial charge on any atom is -0.872 e. The quantitative estimate of drug-likeness (QED) is 0.714. The summed E-state index contributed by atoms with van der Waals surface area (Å²) in [6, 6.07) is 10.5. The van der Waals surface area contributed by atoms with Gasteiger partial charge in [0.1, 0.15) is 18.0 Å². The van der Waals surface area contributed by atoms with Crippen LogP contribution in [0.2, 0.25) is 0 Å². The van der Waals surface area contributed by atoms with E-state index in [2.05, 4.69) is 13.8 Å². The van der Waals surface area contributed by atoms with Crippen molar-refractivity contribution >= 4 is 11.9 Å². The fourth-order valence-corrected chi connectivity index (χ4v) is 3.60. The Balaban J connectivity index is 1.93. The van der Waals surface area contributed by atoms with Crippen LogP contribution in [-0.2, 0) is 6.54 Å². The summed E-state index contributed by atoms with van der Waals surface area (Å²) >= 11 is 0. The summed E-state index contributed by atoms with van der Waals surface area (Å²) in [6.45, 7) is 6.81. The molecule has 5 heteroatoms. The number of ether oxygens (including phenoxy) is 2. The molecule has 0 amide bonds. The highest BCUT2D eigenvalue weighted by Crippen LogP contribution is 2.38. The Kier molecular flexibility index (Phi) is 6.37. The molecule has 0 unspecified atom stereocenters. The minimum atomic E-state index is -0.188. The third kappa shape index (κ3) is 4.20. The van der Waals surface area contributed by atoms with Gasteiger partial charge < -0.3 is 19.5 Å². The standard InChI is InChI=1S/C23H27NO4/c1-4-11-24(12-5-2)15-19-20(25)10-9-18-22(26)21(28-23(18)19)14-16-7-6-8-17(13-16)27-3/h6-10,13-14,25H,4-5,11-12,15H2,1-3H3. The highest BCUT2D eigenvalue weighted by Gasteiger charge is 2.31. The van der Waals surface area contributed by atoms with Gasteiger partial charge in [0.05, 0.1) is 25.8 Å². The van der Waals surface area contributed by atoms with Crippen molar-refractivity contribution in [2.75, 3.05) is 20.2 Å². The normalized spacial score (nSPS) is 14.4. The van der Waals surface area contributed by atoms with Crippen LogP contribution in [0, 0.1) is 0 Å². The zero-order valence-corrected chi connectivity index (χ0v) is 16.7. The number of carbonyl (C=O) groups is 1. The van der Waals surface area contributed by atoms with Crippen molar-refractivity contribution in [2.45, 2.75) is 33.2 Å². The van der Waals surface area contributed by atoms with Crippen molar-refractivity contribution in [1.82, 2.24) is 0 Å². The van der Waals surface area contributed by atoms with E-state index in [9.17, 15) is 9.90 Å². The molecule has 2 aromatic rings. The molecule has 3 rings (SSSR count). The van der Waals surface area contributed by atoms with Gasteiger partial charge in [-0.25, -0.2) is 0 Å². The number of fused-ring (bicyclic) bond motifs is 1. The third-order valence-corrected chi connectivity index (χ3v) is 4.92. The summed E-state index contributed by atoms with van der Waals surface area (Å²) in [6.07, 6.45) is 3.78. The lowest BCUT2D eigenvalue weighted by molar-refractivity contribution is -0.914. The monoisotopic (exact) mass is 381 g/mol. The number of quaternary nitrogens is 1. The maximum absolute atomic E-state index is 12.8. The summed E-state index contributed by atoms with van der Waals surface area (Å²) in [5.74, 6) is 1.11. The molecule has 1 aliphatic rings. The van der Waals surface area contributed by atoms with Gasteiger partial charge in [-0.3, -0.25) is 4.79 Å². The number of hydrogen-bond acceptors (Lipinski definition) is 4. The second kappa shape index (κ2) is 8.93. The van der Waals surface area contributed by atoms with Crippen LogP contribution >= 0.6 is 0 Å². The number of nitrogens with one attached hydrogen (secondary N) is 1. The van der Waals surface area contributed by atoms with E-state index >= 15 is 0 Å². The molecule has 148 valence electrons. The molecule has 0 saturated carbocycles. The van der Waals surface area contributed by atoms with E-state index in [1.807, 2.05) is 24.3 Å². The van der Waals surface area contributed by atoms with E-state index in [0.717, 1.165) is 31.5 Å². The molecular formula is C23H27NO4. The van der Waals surface area contributed by atoms with E-state index in [-0.39, 0.29) is 17.3 Å². The van der Waals surface area contributed by atoms with Crippen molar-refractivity contribution in [3.05, 3.63) is 58.8 Å². The van der Waals surface area contributed by atoms with Crippen molar-refractivity contribution in [2.24, 2.45) is 0 Å². The van der Waals surface area contributed by atoms with Gasteiger partial charge in [-0.15, -0.1) is 0 Å². The predicted molar refractivity (Wildman–Crippen MR) is 107 cm³/mol. The maximum Gasteiger partial charge on any atom is 0.231 e. The first-order chi connectivity index (χ1) is 13.6. The smallest absolute Gasteiger partial charge is 0.231 e. The van der Waals surface area contributed by atoms with Gasteiger partial charge in [0, 0.05) is 5.56 Å². The molecule has 0 spiro atoms. The summed E-state index contributed by atoms with van der Waals surface area (Å²) in [5.41, 5.74) is 1.87. The highest BCUT2D eigenvalue weighted by molar-refractivity contribution is 6.14. The van der Waals surface area contributed by atoms with Crippen LogP contribution < -0.4 is 19.5 Å². The minimum absolute atomic E-state index is 0.0705. The molecule has 0 saturated heterocycles. The first-order valence-electron chi connectivity index (χ1n) is 9.82. The molecule has 0 fully saturated rings. The SMILES string of the molecule is CCC[NH+](CCC)Cc1c([O-])ccc2c1OC(=Cc1cccc(OC)c1)C2=O. The Morgan fingerprint density at radius 3 is 2.57 bits per heavy atom. The van der Waals surface area contributed by atoms with Crippen LogP contribution in [0.1, 0.15) is 48.2 Å². The second-order valence-corrected chi connectivity index (χ2v) is 7.06. The molecule has 28 heavy (non-hydrogen) atoms. The van der Waals surface area contributed by atoms with Gasteiger partial charge in [0.2, 0.25) is 5.78 Å². The number of rotatable bonds is 8. The summed E-state index contributed by atoms with van der Waals surface area (Å²) < 4.78 is 11.2. The Morgan fingerprint density at radius 2 is 1.89 bits per heavy atom. The van der Waals surface area contributed by atoms with Gasteiger partial charge >= 0.3 is 0 Å². The highest BCUT2D eigenvalue weighted by atomic mass is 16.5. The Labute approximate surface area is 166 Å². The third-order valence-electron chi connectivity index (χ3n) is 4.92. The van der Waals surface area contributed by atoms with Gasteiger partial charge in [-0.2, -0.15) is 0 Å². The number of Topliss-reactive ketones (excluding diaryl/α,β-unsaturated/α-hetero) is 1. The fourth-order valence-electron chi connectivity index (χ4n) is 3.60. The molecular weight excluding hydrogens is 354 g/mol. The Bertz CT molecular complexity index is 882. The first kappa shape index (κ1) is 20.0. The Hall–Kier alpha value is -2.79. The van der Waals surface area contributed by atoms with Gasteiger partial charge in [0.25, 0.3) is 0 Å². The Morgan fingerprint density at radius 1 is 1.14 bits per heavy atom. The van der Waals surface area contributed by atoms with Crippen LogP contribution in [0.3, 0.4) is 0 Å². The van der Waals surface area contributed by atoms with Crippen molar-refractivity contribution < 1.29 is 24.3 Å². The molecule has 1 aliphatic heterocycles. The van der Waals surface area contributed by atoms with Crippen molar-refractivity contribution in [1.29, 1.82) is 0 Å². The van der Waals surface area contributed by atoms with Gasteiger partial charge in [0.15, 0.2) is 5.76 Å². The first-order valence-corrected chi connectivity index (χ1v) is 9.82.